The number of aryl methyl sites for hydroxylation is 1. The first kappa shape index (κ1) is 9.68. The second-order valence-electron chi connectivity index (χ2n) is 3.00. The van der Waals surface area contributed by atoms with Crippen LogP contribution in [0.4, 0.5) is 0 Å². The van der Waals surface area contributed by atoms with E-state index < -0.39 is 0 Å². The molecule has 1 unspecified atom stereocenters. The summed E-state index contributed by atoms with van der Waals surface area (Å²) in [5.41, 5.74) is 1.22. The second kappa shape index (κ2) is 4.58. The molecule has 12 heavy (non-hydrogen) atoms. The Labute approximate surface area is 78.0 Å². The highest BCUT2D eigenvalue weighted by Crippen LogP contribution is 2.16. The Morgan fingerprint density at radius 2 is 2.42 bits per heavy atom. The van der Waals surface area contributed by atoms with E-state index in [0.29, 0.717) is 5.92 Å². The first-order valence-electron chi connectivity index (χ1n) is 4.36. The first-order valence-corrected chi connectivity index (χ1v) is 5.24. The van der Waals surface area contributed by atoms with Crippen molar-refractivity contribution in [1.82, 2.24) is 10.3 Å². The summed E-state index contributed by atoms with van der Waals surface area (Å²) in [4.78, 5) is 4.44. The van der Waals surface area contributed by atoms with Gasteiger partial charge in [-0.3, -0.25) is 0 Å². The molecule has 68 valence electrons. The summed E-state index contributed by atoms with van der Waals surface area (Å²) in [5, 5.41) is 6.63. The van der Waals surface area contributed by atoms with Crippen LogP contribution in [0.1, 0.15) is 30.5 Å². The van der Waals surface area contributed by atoms with Crippen molar-refractivity contribution in [2.24, 2.45) is 0 Å². The van der Waals surface area contributed by atoms with Crippen LogP contribution in [0.5, 0.6) is 0 Å². The van der Waals surface area contributed by atoms with Crippen LogP contribution in [0, 0.1) is 6.92 Å². The van der Waals surface area contributed by atoms with Gasteiger partial charge in [0.05, 0.1) is 10.7 Å². The third-order valence-electron chi connectivity index (χ3n) is 1.84. The van der Waals surface area contributed by atoms with Gasteiger partial charge in [-0.25, -0.2) is 4.98 Å². The second-order valence-corrected chi connectivity index (χ2v) is 4.06. The van der Waals surface area contributed by atoms with E-state index in [-0.39, 0.29) is 0 Å². The minimum absolute atomic E-state index is 0.537. The van der Waals surface area contributed by atoms with E-state index in [1.807, 2.05) is 6.92 Å². The largest absolute Gasteiger partial charge is 0.316 e. The molecule has 0 aliphatic rings. The van der Waals surface area contributed by atoms with E-state index in [4.69, 9.17) is 0 Å². The fourth-order valence-corrected chi connectivity index (χ4v) is 1.81. The monoisotopic (exact) mass is 184 g/mol. The molecule has 0 spiro atoms. The predicted molar refractivity (Wildman–Crippen MR) is 53.8 cm³/mol. The summed E-state index contributed by atoms with van der Waals surface area (Å²) in [6, 6.07) is 0. The fraction of sp³-hybridized carbons (Fsp3) is 0.667. The maximum absolute atomic E-state index is 4.44. The summed E-state index contributed by atoms with van der Waals surface area (Å²) < 4.78 is 0. The van der Waals surface area contributed by atoms with Crippen molar-refractivity contribution in [2.75, 3.05) is 13.1 Å². The Morgan fingerprint density at radius 3 is 2.92 bits per heavy atom. The number of nitrogens with zero attached hydrogens (tertiary/aromatic N) is 1. The number of hydrogen-bond acceptors (Lipinski definition) is 3. The molecule has 0 saturated heterocycles. The van der Waals surface area contributed by atoms with Gasteiger partial charge in [0.1, 0.15) is 0 Å². The van der Waals surface area contributed by atoms with Gasteiger partial charge in [-0.1, -0.05) is 13.8 Å². The van der Waals surface area contributed by atoms with Crippen LogP contribution in [0.25, 0.3) is 0 Å². The highest BCUT2D eigenvalue weighted by Gasteiger charge is 2.07. The highest BCUT2D eigenvalue weighted by molar-refractivity contribution is 7.09. The van der Waals surface area contributed by atoms with E-state index in [0.717, 1.165) is 18.1 Å². The third kappa shape index (κ3) is 2.57. The Hall–Kier alpha value is -0.410. The molecular weight excluding hydrogens is 168 g/mol. The lowest BCUT2D eigenvalue weighted by Gasteiger charge is -2.07. The first-order chi connectivity index (χ1) is 5.74. The van der Waals surface area contributed by atoms with Crippen LogP contribution in [0.15, 0.2) is 5.38 Å². The lowest BCUT2D eigenvalue weighted by atomic mass is 10.1. The highest BCUT2D eigenvalue weighted by atomic mass is 32.1. The molecule has 1 aromatic rings. The van der Waals surface area contributed by atoms with Gasteiger partial charge < -0.3 is 5.32 Å². The van der Waals surface area contributed by atoms with E-state index in [9.17, 15) is 0 Å². The van der Waals surface area contributed by atoms with Gasteiger partial charge in [0.25, 0.3) is 0 Å². The molecule has 1 aromatic heterocycles. The van der Waals surface area contributed by atoms with Crippen molar-refractivity contribution >= 4 is 11.3 Å². The minimum Gasteiger partial charge on any atom is -0.316 e. The van der Waals surface area contributed by atoms with Crippen LogP contribution < -0.4 is 5.32 Å². The average molecular weight is 184 g/mol. The zero-order valence-electron chi connectivity index (χ0n) is 7.92. The van der Waals surface area contributed by atoms with Gasteiger partial charge in [-0.2, -0.15) is 0 Å². The standard InChI is InChI=1S/C9H16N2S/c1-4-10-5-7(2)9-6-12-8(3)11-9/h6-7,10H,4-5H2,1-3H3. The molecule has 1 N–H and O–H groups in total. The third-order valence-corrected chi connectivity index (χ3v) is 2.63. The number of aromatic nitrogens is 1. The van der Waals surface area contributed by atoms with E-state index in [2.05, 4.69) is 29.5 Å². The molecule has 1 heterocycles. The van der Waals surface area contributed by atoms with Crippen LogP contribution >= 0.6 is 11.3 Å². The molecule has 0 aliphatic carbocycles. The van der Waals surface area contributed by atoms with Crippen molar-refractivity contribution < 1.29 is 0 Å². The Balaban J connectivity index is 2.47. The minimum atomic E-state index is 0.537. The van der Waals surface area contributed by atoms with Gasteiger partial charge >= 0.3 is 0 Å². The zero-order valence-corrected chi connectivity index (χ0v) is 8.74. The maximum atomic E-state index is 4.44. The van der Waals surface area contributed by atoms with Crippen LogP contribution in [0.3, 0.4) is 0 Å². The Kier molecular flexibility index (Phi) is 3.69. The van der Waals surface area contributed by atoms with Crippen molar-refractivity contribution in [2.45, 2.75) is 26.7 Å². The molecule has 3 heteroatoms. The van der Waals surface area contributed by atoms with Crippen molar-refractivity contribution in [3.8, 4) is 0 Å². The molecule has 0 saturated carbocycles. The SMILES string of the molecule is CCNCC(C)c1csc(C)n1. The van der Waals surface area contributed by atoms with E-state index in [1.165, 1.54) is 5.69 Å². The number of nitrogens with one attached hydrogen (secondary N) is 1. The Morgan fingerprint density at radius 1 is 1.67 bits per heavy atom. The molecule has 1 rings (SSSR count). The molecule has 0 fully saturated rings. The summed E-state index contributed by atoms with van der Waals surface area (Å²) in [5.74, 6) is 0.537. The van der Waals surface area contributed by atoms with Gasteiger partial charge in [-0.05, 0) is 13.5 Å². The summed E-state index contributed by atoms with van der Waals surface area (Å²) >= 11 is 1.73. The lowest BCUT2D eigenvalue weighted by Crippen LogP contribution is -2.19. The molecule has 1 atom stereocenters. The van der Waals surface area contributed by atoms with Crippen LogP contribution in [-0.4, -0.2) is 18.1 Å². The molecule has 2 nitrogen and oxygen atoms in total. The summed E-state index contributed by atoms with van der Waals surface area (Å²) in [6.07, 6.45) is 0. The average Bonchev–Trinajstić information content (AvgIpc) is 2.47. The molecule has 0 radical (unpaired) electrons. The molecular formula is C9H16N2S. The van der Waals surface area contributed by atoms with Gasteiger partial charge in [0.15, 0.2) is 0 Å². The molecule has 0 aromatic carbocycles. The maximum Gasteiger partial charge on any atom is 0.0897 e. The topological polar surface area (TPSA) is 24.9 Å². The van der Waals surface area contributed by atoms with Crippen molar-refractivity contribution in [3.63, 3.8) is 0 Å². The van der Waals surface area contributed by atoms with Gasteiger partial charge in [0, 0.05) is 17.8 Å². The number of likely N-dealkylation sites (N-methyl/N-ethyl adjacent to an activating group) is 1. The normalized spacial score (nSPS) is 13.2. The summed E-state index contributed by atoms with van der Waals surface area (Å²) in [6.45, 7) is 8.44. The lowest BCUT2D eigenvalue weighted by molar-refractivity contribution is 0.625. The number of hydrogen-bond donors (Lipinski definition) is 1. The predicted octanol–water partition coefficient (Wildman–Crippen LogP) is 2.16. The van der Waals surface area contributed by atoms with E-state index >= 15 is 0 Å². The van der Waals surface area contributed by atoms with E-state index in [1.54, 1.807) is 11.3 Å². The smallest absolute Gasteiger partial charge is 0.0897 e. The molecule has 0 aliphatic heterocycles. The Bertz CT molecular complexity index is 232. The van der Waals surface area contributed by atoms with Crippen molar-refractivity contribution in [3.05, 3.63) is 16.1 Å². The fourth-order valence-electron chi connectivity index (χ4n) is 1.07. The van der Waals surface area contributed by atoms with Gasteiger partial charge in [0.2, 0.25) is 0 Å². The molecule has 0 amide bonds. The quantitative estimate of drug-likeness (QED) is 0.775. The summed E-state index contributed by atoms with van der Waals surface area (Å²) in [7, 11) is 0. The van der Waals surface area contributed by atoms with Gasteiger partial charge in [-0.15, -0.1) is 11.3 Å². The van der Waals surface area contributed by atoms with Crippen LogP contribution in [0.2, 0.25) is 0 Å². The van der Waals surface area contributed by atoms with Crippen LogP contribution in [-0.2, 0) is 0 Å². The molecule has 0 bridgehead atoms. The number of thiazole rings is 1. The zero-order chi connectivity index (χ0) is 8.97. The number of rotatable bonds is 4. The van der Waals surface area contributed by atoms with Crippen molar-refractivity contribution in [1.29, 1.82) is 0 Å².